The van der Waals surface area contributed by atoms with Gasteiger partial charge in [0.25, 0.3) is 0 Å². The molecule has 5 heteroatoms. The SMILES string of the molecule is Cc1cc(Br)cc(NC(=O)[C@@H]2CC=CC[C@@H]2C(=O)O)c1. The van der Waals surface area contributed by atoms with Crippen LogP contribution in [0.3, 0.4) is 0 Å². The van der Waals surface area contributed by atoms with E-state index in [-0.39, 0.29) is 5.91 Å². The Kier molecular flexibility index (Phi) is 4.60. The Labute approximate surface area is 126 Å². The molecule has 2 N–H and O–H groups in total. The fourth-order valence-corrected chi connectivity index (χ4v) is 3.03. The highest BCUT2D eigenvalue weighted by Gasteiger charge is 2.33. The molecule has 1 amide bonds. The third-order valence-electron chi connectivity index (χ3n) is 3.40. The molecule has 0 bridgehead atoms. The summed E-state index contributed by atoms with van der Waals surface area (Å²) in [4.78, 5) is 23.5. The largest absolute Gasteiger partial charge is 0.481 e. The molecular formula is C15H16BrNO3. The maximum Gasteiger partial charge on any atom is 0.307 e. The van der Waals surface area contributed by atoms with Gasteiger partial charge in [-0.25, -0.2) is 0 Å². The predicted molar refractivity (Wildman–Crippen MR) is 80.5 cm³/mol. The molecule has 0 radical (unpaired) electrons. The highest BCUT2D eigenvalue weighted by molar-refractivity contribution is 9.10. The van der Waals surface area contributed by atoms with Gasteiger partial charge < -0.3 is 10.4 Å². The number of carboxylic acids is 1. The Balaban J connectivity index is 2.14. The molecule has 20 heavy (non-hydrogen) atoms. The molecule has 0 saturated carbocycles. The van der Waals surface area contributed by atoms with E-state index >= 15 is 0 Å². The molecule has 2 atom stereocenters. The average Bonchev–Trinajstić information content (AvgIpc) is 2.37. The van der Waals surface area contributed by atoms with Crippen LogP contribution in [0.2, 0.25) is 0 Å². The topological polar surface area (TPSA) is 66.4 Å². The van der Waals surface area contributed by atoms with Crippen molar-refractivity contribution in [2.24, 2.45) is 11.8 Å². The summed E-state index contributed by atoms with van der Waals surface area (Å²) in [5, 5.41) is 12.0. The smallest absolute Gasteiger partial charge is 0.307 e. The number of carbonyl (C=O) groups is 2. The number of hydrogen-bond acceptors (Lipinski definition) is 2. The van der Waals surface area contributed by atoms with Crippen molar-refractivity contribution in [3.8, 4) is 0 Å². The Bertz CT molecular complexity index is 548. The number of aryl methyl sites for hydroxylation is 1. The number of carbonyl (C=O) groups excluding carboxylic acids is 1. The first-order valence-corrected chi connectivity index (χ1v) is 7.22. The minimum absolute atomic E-state index is 0.237. The van der Waals surface area contributed by atoms with Gasteiger partial charge in [0.1, 0.15) is 0 Å². The van der Waals surface area contributed by atoms with Gasteiger partial charge in [-0.1, -0.05) is 28.1 Å². The molecule has 2 rings (SSSR count). The van der Waals surface area contributed by atoms with Crippen LogP contribution in [0.15, 0.2) is 34.8 Å². The monoisotopic (exact) mass is 337 g/mol. The summed E-state index contributed by atoms with van der Waals surface area (Å²) in [6.07, 6.45) is 4.57. The molecule has 0 saturated heterocycles. The van der Waals surface area contributed by atoms with Crippen LogP contribution in [-0.4, -0.2) is 17.0 Å². The van der Waals surface area contributed by atoms with Gasteiger partial charge in [-0.2, -0.15) is 0 Å². The second-order valence-corrected chi connectivity index (χ2v) is 5.92. The lowest BCUT2D eigenvalue weighted by molar-refractivity contribution is -0.146. The molecule has 0 aliphatic heterocycles. The molecule has 1 aromatic rings. The third kappa shape index (κ3) is 3.48. The van der Waals surface area contributed by atoms with Gasteiger partial charge in [0.2, 0.25) is 5.91 Å². The zero-order valence-corrected chi connectivity index (χ0v) is 12.7. The minimum Gasteiger partial charge on any atom is -0.481 e. The van der Waals surface area contributed by atoms with Gasteiger partial charge in [-0.15, -0.1) is 0 Å². The minimum atomic E-state index is -0.917. The normalized spacial score (nSPS) is 21.5. The highest BCUT2D eigenvalue weighted by Crippen LogP contribution is 2.28. The Morgan fingerprint density at radius 1 is 1.20 bits per heavy atom. The standard InChI is InChI=1S/C15H16BrNO3/c1-9-6-10(16)8-11(7-9)17-14(18)12-4-2-3-5-13(12)15(19)20/h2-3,6-8,12-13H,4-5H2,1H3,(H,17,18)(H,19,20)/t12-,13+/m1/s1. The van der Waals surface area contributed by atoms with Crippen LogP contribution in [0.4, 0.5) is 5.69 Å². The second kappa shape index (κ2) is 6.22. The maximum absolute atomic E-state index is 12.3. The van der Waals surface area contributed by atoms with E-state index < -0.39 is 17.8 Å². The van der Waals surface area contributed by atoms with Crippen molar-refractivity contribution in [1.29, 1.82) is 0 Å². The zero-order valence-electron chi connectivity index (χ0n) is 11.1. The summed E-state index contributed by atoms with van der Waals surface area (Å²) in [6.45, 7) is 1.93. The number of anilines is 1. The van der Waals surface area contributed by atoms with Crippen molar-refractivity contribution in [1.82, 2.24) is 0 Å². The Hall–Kier alpha value is -1.62. The van der Waals surface area contributed by atoms with Crippen LogP contribution in [0.5, 0.6) is 0 Å². The summed E-state index contributed by atoms with van der Waals surface area (Å²) in [6, 6.07) is 5.61. The van der Waals surface area contributed by atoms with Gasteiger partial charge in [-0.3, -0.25) is 9.59 Å². The molecule has 0 heterocycles. The van der Waals surface area contributed by atoms with E-state index in [4.69, 9.17) is 0 Å². The number of rotatable bonds is 3. The number of benzene rings is 1. The van der Waals surface area contributed by atoms with Gasteiger partial charge >= 0.3 is 5.97 Å². The maximum atomic E-state index is 12.3. The van der Waals surface area contributed by atoms with Gasteiger partial charge in [0, 0.05) is 10.2 Å². The van der Waals surface area contributed by atoms with E-state index in [1.807, 2.05) is 31.2 Å². The fourth-order valence-electron chi connectivity index (χ4n) is 2.42. The van der Waals surface area contributed by atoms with Crippen molar-refractivity contribution in [3.05, 3.63) is 40.4 Å². The summed E-state index contributed by atoms with van der Waals surface area (Å²) >= 11 is 3.38. The van der Waals surface area contributed by atoms with Crippen molar-refractivity contribution < 1.29 is 14.7 Å². The first-order chi connectivity index (χ1) is 9.47. The summed E-state index contributed by atoms with van der Waals surface area (Å²) < 4.78 is 0.881. The molecule has 106 valence electrons. The molecule has 4 nitrogen and oxygen atoms in total. The van der Waals surface area contributed by atoms with Gasteiger partial charge in [0.05, 0.1) is 11.8 Å². The first kappa shape index (κ1) is 14.8. The van der Waals surface area contributed by atoms with Crippen molar-refractivity contribution in [2.45, 2.75) is 19.8 Å². The lowest BCUT2D eigenvalue weighted by Gasteiger charge is -2.24. The number of amides is 1. The molecule has 0 fully saturated rings. The molecule has 1 aliphatic rings. The number of nitrogens with one attached hydrogen (secondary N) is 1. The fraction of sp³-hybridized carbons (Fsp3) is 0.333. The van der Waals surface area contributed by atoms with E-state index in [1.165, 1.54) is 0 Å². The van der Waals surface area contributed by atoms with Crippen molar-refractivity contribution >= 4 is 33.5 Å². The Morgan fingerprint density at radius 3 is 2.45 bits per heavy atom. The second-order valence-electron chi connectivity index (χ2n) is 5.00. The lowest BCUT2D eigenvalue weighted by atomic mass is 9.82. The number of carboxylic acid groups (broad SMARTS) is 1. The first-order valence-electron chi connectivity index (χ1n) is 6.43. The number of hydrogen-bond donors (Lipinski definition) is 2. The molecule has 1 aliphatic carbocycles. The molecule has 0 spiro atoms. The average molecular weight is 338 g/mol. The molecular weight excluding hydrogens is 322 g/mol. The highest BCUT2D eigenvalue weighted by atomic mass is 79.9. The van der Waals surface area contributed by atoms with Crippen LogP contribution in [-0.2, 0) is 9.59 Å². The zero-order chi connectivity index (χ0) is 14.7. The number of halogens is 1. The molecule has 0 unspecified atom stereocenters. The van der Waals surface area contributed by atoms with Crippen LogP contribution < -0.4 is 5.32 Å². The Morgan fingerprint density at radius 2 is 1.85 bits per heavy atom. The number of aliphatic carboxylic acids is 1. The molecule has 0 aromatic heterocycles. The van der Waals surface area contributed by atoms with E-state index in [2.05, 4.69) is 21.2 Å². The van der Waals surface area contributed by atoms with Gasteiger partial charge in [-0.05, 0) is 43.5 Å². The van der Waals surface area contributed by atoms with E-state index in [0.717, 1.165) is 10.0 Å². The van der Waals surface area contributed by atoms with E-state index in [0.29, 0.717) is 18.5 Å². The van der Waals surface area contributed by atoms with Crippen LogP contribution in [0.1, 0.15) is 18.4 Å². The molecule has 1 aromatic carbocycles. The lowest BCUT2D eigenvalue weighted by Crippen LogP contribution is -2.34. The quantitative estimate of drug-likeness (QED) is 0.831. The van der Waals surface area contributed by atoms with E-state index in [1.54, 1.807) is 6.07 Å². The summed E-state index contributed by atoms with van der Waals surface area (Å²) in [5.41, 5.74) is 1.70. The third-order valence-corrected chi connectivity index (χ3v) is 3.85. The van der Waals surface area contributed by atoms with Crippen LogP contribution >= 0.6 is 15.9 Å². The summed E-state index contributed by atoms with van der Waals surface area (Å²) in [5.74, 6) is -2.32. The van der Waals surface area contributed by atoms with E-state index in [9.17, 15) is 14.7 Å². The summed E-state index contributed by atoms with van der Waals surface area (Å²) in [7, 11) is 0. The predicted octanol–water partition coefficient (Wildman–Crippen LogP) is 3.36. The van der Waals surface area contributed by atoms with Crippen molar-refractivity contribution in [2.75, 3.05) is 5.32 Å². The van der Waals surface area contributed by atoms with Crippen LogP contribution in [0.25, 0.3) is 0 Å². The van der Waals surface area contributed by atoms with Crippen molar-refractivity contribution in [3.63, 3.8) is 0 Å². The number of allylic oxidation sites excluding steroid dienone is 2. The van der Waals surface area contributed by atoms with Gasteiger partial charge in [0.15, 0.2) is 0 Å². The van der Waals surface area contributed by atoms with Crippen LogP contribution in [0, 0.1) is 18.8 Å².